The molecule has 0 fully saturated rings. The van der Waals surface area contributed by atoms with E-state index in [2.05, 4.69) is 50.1 Å². The topological polar surface area (TPSA) is 0 Å². The van der Waals surface area contributed by atoms with Gasteiger partial charge in [0.15, 0.2) is 0 Å². The van der Waals surface area contributed by atoms with Crippen LogP contribution in [0.4, 0.5) is 0 Å². The van der Waals surface area contributed by atoms with E-state index in [-0.39, 0.29) is 0 Å². The average Bonchev–Trinajstić information content (AvgIpc) is 1.97. The van der Waals surface area contributed by atoms with E-state index in [1.165, 1.54) is 14.6 Å². The summed E-state index contributed by atoms with van der Waals surface area (Å²) in [5, 5.41) is 15.4. The van der Waals surface area contributed by atoms with Gasteiger partial charge in [-0.1, -0.05) is 0 Å². The van der Waals surface area contributed by atoms with Crippen molar-refractivity contribution in [1.29, 1.82) is 0 Å². The number of allylic oxidation sites excluding steroid dienone is 4. The first kappa shape index (κ1) is 11.5. The van der Waals surface area contributed by atoms with Crippen molar-refractivity contribution in [3.05, 3.63) is 22.2 Å². The van der Waals surface area contributed by atoms with Gasteiger partial charge in [-0.05, 0) is 0 Å². The van der Waals surface area contributed by atoms with Gasteiger partial charge in [0.05, 0.1) is 0 Å². The molecule has 1 aliphatic rings. The Balaban J connectivity index is 3.65. The Hall–Kier alpha value is 0.385. The van der Waals surface area contributed by atoms with E-state index in [0.29, 0.717) is 0 Å². The van der Waals surface area contributed by atoms with Gasteiger partial charge >= 0.3 is 79.0 Å². The van der Waals surface area contributed by atoms with Crippen LogP contribution in [-0.2, 0) is 10.3 Å². The van der Waals surface area contributed by atoms with Gasteiger partial charge in [0, 0.05) is 0 Å². The van der Waals surface area contributed by atoms with Crippen molar-refractivity contribution < 1.29 is 10.3 Å². The van der Waals surface area contributed by atoms with Gasteiger partial charge < -0.3 is 0 Å². The molecule has 0 aromatic rings. The predicted octanol–water partition coefficient (Wildman–Crippen LogP) is 3.70. The fraction of sp³-hybridized carbons (Fsp3) is 0.636. The monoisotopic (exact) mass is 381 g/mol. The summed E-state index contributed by atoms with van der Waals surface area (Å²) < 4.78 is 1.70. The number of rotatable bonds is 1. The van der Waals surface area contributed by atoms with Crippen molar-refractivity contribution in [2.75, 3.05) is 0 Å². The van der Waals surface area contributed by atoms with Crippen molar-refractivity contribution in [1.82, 2.24) is 0 Å². The normalized spacial score (nSPS) is 29.8. The van der Waals surface area contributed by atoms with Crippen LogP contribution in [0.25, 0.3) is 0 Å². The summed E-state index contributed by atoms with van der Waals surface area (Å²) in [7, 11) is -2.27. The molecule has 0 spiro atoms. The van der Waals surface area contributed by atoms with Gasteiger partial charge in [-0.3, -0.25) is 0 Å². The first-order chi connectivity index (χ1) is 5.00. The van der Waals surface area contributed by atoms with Crippen LogP contribution in [0.15, 0.2) is 22.2 Å². The van der Waals surface area contributed by atoms with Crippen LogP contribution < -0.4 is 0 Å². The van der Waals surface area contributed by atoms with Gasteiger partial charge in [-0.2, -0.15) is 0 Å². The molecular weight excluding hydrogens is 355 g/mol. The van der Waals surface area contributed by atoms with Gasteiger partial charge in [0.1, 0.15) is 0 Å². The quantitative estimate of drug-likeness (QED) is 0.608. The van der Waals surface area contributed by atoms with Crippen molar-refractivity contribution in [3.8, 4) is 0 Å². The Morgan fingerprint density at radius 3 is 1.69 bits per heavy atom. The molecule has 0 bridgehead atoms. The van der Waals surface area contributed by atoms with Crippen molar-refractivity contribution in [3.63, 3.8) is 0 Å². The van der Waals surface area contributed by atoms with Gasteiger partial charge in [0.25, 0.3) is 0 Å². The number of hydrogen-bond acceptors (Lipinski definition) is 0. The van der Waals surface area contributed by atoms with Crippen molar-refractivity contribution in [2.24, 2.45) is 0 Å². The van der Waals surface area contributed by atoms with Crippen molar-refractivity contribution in [2.45, 2.75) is 38.3 Å². The fourth-order valence-corrected chi connectivity index (χ4v) is 9.53. The molecular formula is C11H26PtSi. The molecule has 0 nitrogen and oxygen atoms in total. The SMILES string of the molecule is [CH3][Pt]([CH3])([CH3])([CH3])([CH3])([CH3])([SiH3])[C]1=CC=CC1. The van der Waals surface area contributed by atoms with E-state index in [1.54, 1.807) is 3.96 Å². The third kappa shape index (κ3) is 2.92. The van der Waals surface area contributed by atoms with E-state index in [1.807, 2.05) is 0 Å². The van der Waals surface area contributed by atoms with E-state index < -0.39 is 10.3 Å². The summed E-state index contributed by atoms with van der Waals surface area (Å²) in [6, 6.07) is 0. The molecule has 0 atom stereocenters. The van der Waals surface area contributed by atoms with Crippen LogP contribution in [-0.4, -0.2) is 8.21 Å². The first-order valence-corrected chi connectivity index (χ1v) is 26.3. The molecule has 1 aliphatic carbocycles. The average molecular weight is 381 g/mol. The fourth-order valence-electron chi connectivity index (χ4n) is 1.23. The summed E-state index contributed by atoms with van der Waals surface area (Å²) in [6.07, 6.45) is 8.06. The van der Waals surface area contributed by atoms with Crippen LogP contribution in [0, 0.1) is 0 Å². The molecule has 0 heterocycles. The van der Waals surface area contributed by atoms with Crippen molar-refractivity contribution >= 4 is 8.21 Å². The minimum absolute atomic E-state index is 1.18. The molecule has 84 valence electrons. The molecule has 0 aromatic carbocycles. The summed E-state index contributed by atoms with van der Waals surface area (Å²) in [5.41, 5.74) is 0. The molecule has 0 saturated carbocycles. The molecule has 0 saturated heterocycles. The zero-order valence-electron chi connectivity index (χ0n) is 10.3. The minimum atomic E-state index is -3.53. The molecule has 0 aromatic heterocycles. The standard InChI is InChI=1S/C5H5.6CH3.Pt.H3Si/c1-2-4-5-3-1;;;;;;;;/h1-3H,4H2;6*1H3;;1H3. The zero-order valence-corrected chi connectivity index (χ0v) is 14.5. The second-order valence-electron chi connectivity index (χ2n) is 8.95. The third-order valence-corrected chi connectivity index (χ3v) is 16.5. The summed E-state index contributed by atoms with van der Waals surface area (Å²) >= 11 is 0. The summed E-state index contributed by atoms with van der Waals surface area (Å²) in [6.45, 7) is 0. The Morgan fingerprint density at radius 1 is 1.08 bits per heavy atom. The third-order valence-electron chi connectivity index (χ3n) is 2.12. The molecule has 0 unspecified atom stereocenters. The predicted molar refractivity (Wildman–Crippen MR) is 67.0 cm³/mol. The Morgan fingerprint density at radius 2 is 1.54 bits per heavy atom. The van der Waals surface area contributed by atoms with Crippen LogP contribution >= 0.6 is 0 Å². The second-order valence-corrected chi connectivity index (χ2v) is 99.7. The van der Waals surface area contributed by atoms with E-state index >= 15 is 0 Å². The molecule has 2 heteroatoms. The Kier molecular flexibility index (Phi) is 1.13. The number of hydrogen-bond donors (Lipinski definition) is 0. The maximum absolute atomic E-state index is 3.53. The van der Waals surface area contributed by atoms with Crippen LogP contribution in [0.5, 0.6) is 0 Å². The van der Waals surface area contributed by atoms with Crippen LogP contribution in [0.3, 0.4) is 0 Å². The molecule has 0 amide bonds. The van der Waals surface area contributed by atoms with Gasteiger partial charge in [-0.25, -0.2) is 0 Å². The molecule has 0 radical (unpaired) electrons. The summed E-state index contributed by atoms with van der Waals surface area (Å²) in [4.78, 5) is 0. The second kappa shape index (κ2) is 1.28. The van der Waals surface area contributed by atoms with Gasteiger partial charge in [-0.15, -0.1) is 0 Å². The summed E-state index contributed by atoms with van der Waals surface area (Å²) in [5.74, 6) is 0. The van der Waals surface area contributed by atoms with E-state index in [4.69, 9.17) is 0 Å². The first-order valence-electron chi connectivity index (χ1n) is 4.09. The zero-order chi connectivity index (χ0) is 10.8. The van der Waals surface area contributed by atoms with Gasteiger partial charge in [0.2, 0.25) is 0 Å². The van der Waals surface area contributed by atoms with Crippen LogP contribution in [0.1, 0.15) is 6.42 Å². The van der Waals surface area contributed by atoms with E-state index in [9.17, 15) is 0 Å². The Labute approximate surface area is 78.9 Å². The van der Waals surface area contributed by atoms with Crippen LogP contribution in [0.2, 0.25) is 31.9 Å². The molecule has 0 aliphatic heterocycles. The maximum atomic E-state index is 2.56. The molecule has 13 heavy (non-hydrogen) atoms. The van der Waals surface area contributed by atoms with E-state index in [0.717, 1.165) is 0 Å². The molecule has 1 rings (SSSR count). The molecule has 0 N–H and O–H groups in total. The Bertz CT molecular complexity index is 341.